The Morgan fingerprint density at radius 2 is 2.00 bits per heavy atom. The average Bonchev–Trinajstić information content (AvgIpc) is 2.54. The van der Waals surface area contributed by atoms with Crippen LogP contribution in [0.3, 0.4) is 0 Å². The second-order valence-electron chi connectivity index (χ2n) is 5.75. The van der Waals surface area contributed by atoms with Crippen molar-refractivity contribution in [3.63, 3.8) is 0 Å². The first-order chi connectivity index (χ1) is 11.1. The van der Waals surface area contributed by atoms with Gasteiger partial charge in [-0.2, -0.15) is 4.31 Å². The van der Waals surface area contributed by atoms with Gasteiger partial charge in [-0.15, -0.1) is 0 Å². The molecule has 9 heteroatoms. The summed E-state index contributed by atoms with van der Waals surface area (Å²) < 4.78 is 31.4. The van der Waals surface area contributed by atoms with Gasteiger partial charge in [-0.3, -0.25) is 4.79 Å². The highest BCUT2D eigenvalue weighted by molar-refractivity contribution is 7.89. The van der Waals surface area contributed by atoms with E-state index in [1.807, 2.05) is 0 Å². The van der Waals surface area contributed by atoms with E-state index in [0.29, 0.717) is 12.8 Å². The molecule has 24 heavy (non-hydrogen) atoms. The molecule has 1 saturated heterocycles. The number of methoxy groups -OCH3 is 1. The molecule has 1 aliphatic rings. The fourth-order valence-electron chi connectivity index (χ4n) is 2.75. The summed E-state index contributed by atoms with van der Waals surface area (Å²) in [6.07, 6.45) is 1.45. The molecule has 0 aromatic heterocycles. The smallest absolute Gasteiger partial charge is 0.339 e. The van der Waals surface area contributed by atoms with Crippen molar-refractivity contribution >= 4 is 33.6 Å². The van der Waals surface area contributed by atoms with E-state index >= 15 is 0 Å². The summed E-state index contributed by atoms with van der Waals surface area (Å²) in [7, 11) is -2.88. The molecule has 7 nitrogen and oxygen atoms in total. The fourth-order valence-corrected chi connectivity index (χ4v) is 4.91. The third kappa shape index (κ3) is 3.13. The summed E-state index contributed by atoms with van der Waals surface area (Å²) in [5.41, 5.74) is -1.47. The molecule has 1 fully saturated rings. The van der Waals surface area contributed by atoms with E-state index in [1.165, 1.54) is 26.2 Å². The molecule has 1 aromatic rings. The van der Waals surface area contributed by atoms with Crippen molar-refractivity contribution in [3.05, 3.63) is 28.8 Å². The Hall–Kier alpha value is -1.64. The van der Waals surface area contributed by atoms with E-state index in [0.717, 1.165) is 10.4 Å². The van der Waals surface area contributed by atoms with Crippen LogP contribution in [-0.2, 0) is 19.6 Å². The number of hydrogen-bond donors (Lipinski definition) is 1. The summed E-state index contributed by atoms with van der Waals surface area (Å²) >= 11 is 5.98. The largest absolute Gasteiger partial charge is 0.480 e. The van der Waals surface area contributed by atoms with Gasteiger partial charge in [-0.05, 0) is 44.4 Å². The summed E-state index contributed by atoms with van der Waals surface area (Å²) in [6, 6.07) is 3.62. The Morgan fingerprint density at radius 1 is 1.33 bits per heavy atom. The van der Waals surface area contributed by atoms with Crippen LogP contribution in [0.2, 0.25) is 5.02 Å². The van der Waals surface area contributed by atoms with Gasteiger partial charge in [0.1, 0.15) is 5.54 Å². The molecule has 1 aromatic carbocycles. The lowest BCUT2D eigenvalue weighted by molar-refractivity contribution is -0.149. The predicted molar refractivity (Wildman–Crippen MR) is 86.6 cm³/mol. The predicted octanol–water partition coefficient (Wildman–Crippen LogP) is 2.14. The number of sulfonamides is 1. The molecule has 0 amide bonds. The molecular weight excluding hydrogens is 358 g/mol. The molecule has 1 N–H and O–H groups in total. The number of carbonyl (C=O) groups is 2. The molecule has 0 saturated carbocycles. The number of carbonyl (C=O) groups excluding carboxylic acids is 1. The van der Waals surface area contributed by atoms with Gasteiger partial charge < -0.3 is 9.84 Å². The quantitative estimate of drug-likeness (QED) is 0.809. The van der Waals surface area contributed by atoms with Crippen LogP contribution in [0.25, 0.3) is 0 Å². The van der Waals surface area contributed by atoms with Crippen LogP contribution in [0.1, 0.15) is 36.5 Å². The first-order valence-electron chi connectivity index (χ1n) is 7.28. The van der Waals surface area contributed by atoms with E-state index in [-0.39, 0.29) is 28.4 Å². The number of halogens is 1. The first kappa shape index (κ1) is 18.7. The maximum atomic E-state index is 12.9. The minimum atomic E-state index is -4.07. The molecule has 132 valence electrons. The van der Waals surface area contributed by atoms with E-state index in [4.69, 9.17) is 11.6 Å². The zero-order valence-corrected chi connectivity index (χ0v) is 14.9. The van der Waals surface area contributed by atoms with Gasteiger partial charge in [-0.1, -0.05) is 11.6 Å². The standard InChI is InChI=1S/C15H18ClNO6S/c1-15(14(19)20)7-3-4-8-17(15)24(21,22)10-5-6-11(12(16)9-10)13(18)23-2/h5-6,9H,3-4,7-8H2,1-2H3,(H,19,20). The second kappa shape index (κ2) is 6.70. The third-order valence-corrected chi connectivity index (χ3v) is 6.55. The molecule has 1 heterocycles. The zero-order valence-electron chi connectivity index (χ0n) is 13.3. The minimum Gasteiger partial charge on any atom is -0.480 e. The van der Waals surface area contributed by atoms with Crippen LogP contribution in [0.15, 0.2) is 23.1 Å². The number of carboxylic acid groups (broad SMARTS) is 1. The number of nitrogens with zero attached hydrogens (tertiary/aromatic N) is 1. The van der Waals surface area contributed by atoms with Crippen LogP contribution in [0.5, 0.6) is 0 Å². The van der Waals surface area contributed by atoms with E-state index < -0.39 is 27.5 Å². The third-order valence-electron chi connectivity index (χ3n) is 4.22. The van der Waals surface area contributed by atoms with E-state index in [1.54, 1.807) is 0 Å². The first-order valence-corrected chi connectivity index (χ1v) is 9.10. The molecule has 0 aliphatic carbocycles. The molecular formula is C15H18ClNO6S. The molecule has 1 aliphatic heterocycles. The number of ether oxygens (including phenoxy) is 1. The maximum Gasteiger partial charge on any atom is 0.339 e. The Kier molecular flexibility index (Phi) is 5.22. The Balaban J connectivity index is 2.48. The van der Waals surface area contributed by atoms with Gasteiger partial charge in [0.15, 0.2) is 0 Å². The normalized spacial score (nSPS) is 22.1. The monoisotopic (exact) mass is 375 g/mol. The lowest BCUT2D eigenvalue weighted by Crippen LogP contribution is -2.57. The van der Waals surface area contributed by atoms with Crippen molar-refractivity contribution in [1.82, 2.24) is 4.31 Å². The number of esters is 1. The van der Waals surface area contributed by atoms with Crippen molar-refractivity contribution < 1.29 is 27.9 Å². The summed E-state index contributed by atoms with van der Waals surface area (Å²) in [6.45, 7) is 1.51. The van der Waals surface area contributed by atoms with Gasteiger partial charge in [0.25, 0.3) is 0 Å². The van der Waals surface area contributed by atoms with Crippen LogP contribution >= 0.6 is 11.6 Å². The van der Waals surface area contributed by atoms with Crippen LogP contribution in [-0.4, -0.2) is 49.0 Å². The highest BCUT2D eigenvalue weighted by atomic mass is 35.5. The summed E-state index contributed by atoms with van der Waals surface area (Å²) in [5.74, 6) is -1.87. The van der Waals surface area contributed by atoms with Crippen LogP contribution in [0.4, 0.5) is 0 Å². The molecule has 1 unspecified atom stereocenters. The van der Waals surface area contributed by atoms with Gasteiger partial charge in [0, 0.05) is 6.54 Å². The van der Waals surface area contributed by atoms with E-state index in [2.05, 4.69) is 4.74 Å². The average molecular weight is 376 g/mol. The molecule has 1 atom stereocenters. The highest BCUT2D eigenvalue weighted by Crippen LogP contribution is 2.34. The number of aliphatic carboxylic acids is 1. The molecule has 0 bridgehead atoms. The van der Waals surface area contributed by atoms with Gasteiger partial charge >= 0.3 is 11.9 Å². The van der Waals surface area contributed by atoms with Crippen molar-refractivity contribution in [1.29, 1.82) is 0 Å². The number of benzene rings is 1. The molecule has 0 radical (unpaired) electrons. The Morgan fingerprint density at radius 3 is 2.54 bits per heavy atom. The number of piperidine rings is 1. The topological polar surface area (TPSA) is 101 Å². The van der Waals surface area contributed by atoms with E-state index in [9.17, 15) is 23.1 Å². The number of carboxylic acids is 1. The highest BCUT2D eigenvalue weighted by Gasteiger charge is 2.47. The van der Waals surface area contributed by atoms with Crippen LogP contribution in [0, 0.1) is 0 Å². The summed E-state index contributed by atoms with van der Waals surface area (Å²) in [5, 5.41) is 9.42. The van der Waals surface area contributed by atoms with Gasteiger partial charge in [0.2, 0.25) is 10.0 Å². The minimum absolute atomic E-state index is 0.0396. The summed E-state index contributed by atoms with van der Waals surface area (Å²) in [4.78, 5) is 23.0. The molecule has 2 rings (SSSR count). The van der Waals surface area contributed by atoms with Crippen molar-refractivity contribution in [2.45, 2.75) is 36.6 Å². The Bertz CT molecular complexity index is 778. The van der Waals surface area contributed by atoms with Crippen molar-refractivity contribution in [2.24, 2.45) is 0 Å². The number of hydrogen-bond acceptors (Lipinski definition) is 5. The fraction of sp³-hybridized carbons (Fsp3) is 0.467. The van der Waals surface area contributed by atoms with Gasteiger partial charge in [-0.25, -0.2) is 13.2 Å². The SMILES string of the molecule is COC(=O)c1ccc(S(=O)(=O)N2CCCCC2(C)C(=O)O)cc1Cl. The van der Waals surface area contributed by atoms with Crippen molar-refractivity contribution in [2.75, 3.05) is 13.7 Å². The number of rotatable bonds is 4. The second-order valence-corrected chi connectivity index (χ2v) is 8.02. The maximum absolute atomic E-state index is 12.9. The van der Waals surface area contributed by atoms with Crippen molar-refractivity contribution in [3.8, 4) is 0 Å². The van der Waals surface area contributed by atoms with Crippen LogP contribution < -0.4 is 0 Å². The lowest BCUT2D eigenvalue weighted by atomic mass is 9.91. The lowest BCUT2D eigenvalue weighted by Gasteiger charge is -2.40. The molecule has 0 spiro atoms. The van der Waals surface area contributed by atoms with Gasteiger partial charge in [0.05, 0.1) is 22.6 Å². The Labute approximate surface area is 145 Å². The zero-order chi connectivity index (χ0) is 18.1.